The number of carbonyl (C=O) groups excluding carboxylic acids is 1. The fourth-order valence-electron chi connectivity index (χ4n) is 3.93. The Labute approximate surface area is 130 Å². The van der Waals surface area contributed by atoms with E-state index in [4.69, 9.17) is 17.3 Å². The van der Waals surface area contributed by atoms with Crippen LogP contribution in [0.1, 0.15) is 49.4 Å². The van der Waals surface area contributed by atoms with E-state index in [1.165, 1.54) is 25.5 Å². The molecule has 4 nitrogen and oxygen atoms in total. The van der Waals surface area contributed by atoms with Crippen molar-refractivity contribution >= 4 is 23.2 Å². The van der Waals surface area contributed by atoms with Gasteiger partial charge >= 0.3 is 0 Å². The summed E-state index contributed by atoms with van der Waals surface area (Å²) < 4.78 is 0. The minimum atomic E-state index is -0.0106. The average molecular weight is 308 g/mol. The van der Waals surface area contributed by atoms with Gasteiger partial charge < -0.3 is 10.6 Å². The summed E-state index contributed by atoms with van der Waals surface area (Å²) in [7, 11) is 0. The first-order valence-corrected chi connectivity index (χ1v) is 8.17. The number of halogens is 1. The number of hydrogen-bond acceptors (Lipinski definition) is 3. The van der Waals surface area contributed by atoms with Crippen molar-refractivity contribution in [2.24, 2.45) is 11.8 Å². The van der Waals surface area contributed by atoms with Crippen LogP contribution in [0.4, 0.5) is 5.69 Å². The van der Waals surface area contributed by atoms with Crippen LogP contribution in [0.3, 0.4) is 0 Å². The Morgan fingerprint density at radius 3 is 2.95 bits per heavy atom. The Hall–Kier alpha value is -1.29. The number of fused-ring (bicyclic) bond motifs is 1. The Morgan fingerprint density at radius 1 is 1.38 bits per heavy atom. The van der Waals surface area contributed by atoms with Gasteiger partial charge in [0.05, 0.1) is 17.4 Å². The van der Waals surface area contributed by atoms with Crippen LogP contribution >= 0.6 is 11.6 Å². The number of likely N-dealkylation sites (tertiary alicyclic amines) is 1. The van der Waals surface area contributed by atoms with Gasteiger partial charge in [-0.15, -0.1) is 0 Å². The number of hydrogen-bond donors (Lipinski definition) is 1. The summed E-state index contributed by atoms with van der Waals surface area (Å²) in [4.78, 5) is 18.9. The zero-order chi connectivity index (χ0) is 15.0. The lowest BCUT2D eigenvalue weighted by Gasteiger charge is -2.47. The smallest absolute Gasteiger partial charge is 0.257 e. The number of aromatic nitrogens is 1. The van der Waals surface area contributed by atoms with Gasteiger partial charge in [-0.25, -0.2) is 4.98 Å². The normalized spacial score (nSPS) is 29.0. The van der Waals surface area contributed by atoms with Gasteiger partial charge in [0.25, 0.3) is 5.91 Å². The SMILES string of the molecule is CC1CCN(C(=O)c2cc(N)cnc2Cl)C2CCCCC12. The van der Waals surface area contributed by atoms with Gasteiger partial charge in [-0.1, -0.05) is 31.4 Å². The molecule has 0 aromatic carbocycles. The maximum atomic E-state index is 12.9. The van der Waals surface area contributed by atoms with Crippen molar-refractivity contribution in [3.8, 4) is 0 Å². The van der Waals surface area contributed by atoms with E-state index < -0.39 is 0 Å². The molecular formula is C16H22ClN3O. The molecule has 114 valence electrons. The van der Waals surface area contributed by atoms with Crippen LogP contribution in [0.2, 0.25) is 5.15 Å². The quantitative estimate of drug-likeness (QED) is 0.809. The van der Waals surface area contributed by atoms with Gasteiger partial charge in [0.2, 0.25) is 0 Å². The maximum absolute atomic E-state index is 12.9. The fourth-order valence-corrected chi connectivity index (χ4v) is 4.12. The Balaban J connectivity index is 1.88. The van der Waals surface area contributed by atoms with Crippen LogP contribution in [-0.4, -0.2) is 28.4 Å². The zero-order valence-corrected chi connectivity index (χ0v) is 13.1. The lowest BCUT2D eigenvalue weighted by molar-refractivity contribution is 0.0217. The van der Waals surface area contributed by atoms with E-state index >= 15 is 0 Å². The second-order valence-corrected chi connectivity index (χ2v) is 6.75. The number of nitrogens with zero attached hydrogens (tertiary/aromatic N) is 2. The average Bonchev–Trinajstić information content (AvgIpc) is 2.50. The number of piperidine rings is 1. The predicted molar refractivity (Wildman–Crippen MR) is 84.2 cm³/mol. The molecule has 3 rings (SSSR count). The zero-order valence-electron chi connectivity index (χ0n) is 12.4. The second kappa shape index (κ2) is 5.84. The number of rotatable bonds is 1. The number of carbonyl (C=O) groups is 1. The third kappa shape index (κ3) is 2.73. The molecule has 0 spiro atoms. The predicted octanol–water partition coefficient (Wildman–Crippen LogP) is 3.36. The van der Waals surface area contributed by atoms with Crippen molar-refractivity contribution < 1.29 is 4.79 Å². The first kappa shape index (κ1) is 14.6. The Morgan fingerprint density at radius 2 is 2.14 bits per heavy atom. The molecule has 1 aliphatic heterocycles. The molecule has 2 fully saturated rings. The molecular weight excluding hydrogens is 286 g/mol. The Kier molecular flexibility index (Phi) is 4.07. The monoisotopic (exact) mass is 307 g/mol. The minimum absolute atomic E-state index is 0.0106. The highest BCUT2D eigenvalue weighted by atomic mass is 35.5. The summed E-state index contributed by atoms with van der Waals surface area (Å²) >= 11 is 6.10. The van der Waals surface area contributed by atoms with E-state index in [9.17, 15) is 4.79 Å². The van der Waals surface area contributed by atoms with E-state index in [2.05, 4.69) is 11.9 Å². The highest BCUT2D eigenvalue weighted by Gasteiger charge is 2.40. The molecule has 2 aliphatic rings. The van der Waals surface area contributed by atoms with Crippen molar-refractivity contribution in [3.05, 3.63) is 23.0 Å². The standard InChI is InChI=1S/C16H22ClN3O/c1-10-6-7-20(14-5-3-2-4-12(10)14)16(21)13-8-11(18)9-19-15(13)17/h8-10,12,14H,2-7,18H2,1H3. The maximum Gasteiger partial charge on any atom is 0.257 e. The molecule has 2 heterocycles. The molecule has 1 aromatic rings. The van der Waals surface area contributed by atoms with Gasteiger partial charge in [0.1, 0.15) is 5.15 Å². The van der Waals surface area contributed by atoms with Gasteiger partial charge in [0.15, 0.2) is 0 Å². The van der Waals surface area contributed by atoms with Crippen molar-refractivity contribution in [3.63, 3.8) is 0 Å². The molecule has 0 radical (unpaired) electrons. The van der Waals surface area contributed by atoms with Crippen LogP contribution in [0.15, 0.2) is 12.3 Å². The number of amides is 1. The number of nitrogen functional groups attached to an aromatic ring is 1. The van der Waals surface area contributed by atoms with Crippen LogP contribution in [0, 0.1) is 11.8 Å². The van der Waals surface area contributed by atoms with Crippen molar-refractivity contribution in [1.82, 2.24) is 9.88 Å². The summed E-state index contributed by atoms with van der Waals surface area (Å²) in [5, 5.41) is 0.250. The molecule has 21 heavy (non-hydrogen) atoms. The molecule has 1 aliphatic carbocycles. The molecule has 1 amide bonds. The van der Waals surface area contributed by atoms with E-state index in [-0.39, 0.29) is 11.1 Å². The summed E-state index contributed by atoms with van der Waals surface area (Å²) in [5.41, 5.74) is 6.68. The van der Waals surface area contributed by atoms with Crippen LogP contribution < -0.4 is 5.73 Å². The first-order chi connectivity index (χ1) is 10.1. The molecule has 5 heteroatoms. The molecule has 1 saturated heterocycles. The third-order valence-corrected chi connectivity index (χ3v) is 5.39. The number of nitrogens with two attached hydrogens (primary N) is 1. The summed E-state index contributed by atoms with van der Waals surface area (Å²) in [6.45, 7) is 3.13. The molecule has 3 atom stereocenters. The molecule has 1 saturated carbocycles. The number of anilines is 1. The van der Waals surface area contributed by atoms with Crippen molar-refractivity contribution in [1.29, 1.82) is 0 Å². The van der Waals surface area contributed by atoms with Gasteiger partial charge in [0, 0.05) is 12.6 Å². The van der Waals surface area contributed by atoms with Gasteiger partial charge in [-0.3, -0.25) is 4.79 Å². The summed E-state index contributed by atoms with van der Waals surface area (Å²) in [6, 6.07) is 2.00. The Bertz CT molecular complexity index is 548. The van der Waals surface area contributed by atoms with Gasteiger partial charge in [-0.05, 0) is 37.2 Å². The molecule has 2 N–H and O–H groups in total. The molecule has 3 unspecified atom stereocenters. The van der Waals surface area contributed by atoms with Crippen LogP contribution in [-0.2, 0) is 0 Å². The minimum Gasteiger partial charge on any atom is -0.397 e. The molecule has 0 bridgehead atoms. The van der Waals surface area contributed by atoms with E-state index in [0.717, 1.165) is 19.4 Å². The highest BCUT2D eigenvalue weighted by molar-refractivity contribution is 6.32. The van der Waals surface area contributed by atoms with Crippen molar-refractivity contribution in [2.45, 2.75) is 45.1 Å². The fraction of sp³-hybridized carbons (Fsp3) is 0.625. The van der Waals surface area contributed by atoms with E-state index in [1.807, 2.05) is 4.90 Å². The largest absolute Gasteiger partial charge is 0.397 e. The molecule has 1 aromatic heterocycles. The van der Waals surface area contributed by atoms with Crippen LogP contribution in [0.25, 0.3) is 0 Å². The topological polar surface area (TPSA) is 59.2 Å². The summed E-state index contributed by atoms with van der Waals surface area (Å²) in [5.74, 6) is 1.32. The third-order valence-electron chi connectivity index (χ3n) is 5.09. The first-order valence-electron chi connectivity index (χ1n) is 7.80. The van der Waals surface area contributed by atoms with Gasteiger partial charge in [-0.2, -0.15) is 0 Å². The van der Waals surface area contributed by atoms with Crippen LogP contribution in [0.5, 0.6) is 0 Å². The number of pyridine rings is 1. The van der Waals surface area contributed by atoms with Crippen molar-refractivity contribution in [2.75, 3.05) is 12.3 Å². The lowest BCUT2D eigenvalue weighted by atomic mass is 9.72. The second-order valence-electron chi connectivity index (χ2n) is 6.39. The summed E-state index contributed by atoms with van der Waals surface area (Å²) in [6.07, 6.45) is 7.39. The highest BCUT2D eigenvalue weighted by Crippen LogP contribution is 2.39. The van der Waals surface area contributed by atoms with E-state index in [1.54, 1.807) is 6.07 Å². The lowest BCUT2D eigenvalue weighted by Crippen LogP contribution is -2.52. The van der Waals surface area contributed by atoms with E-state index in [0.29, 0.717) is 29.1 Å².